The Morgan fingerprint density at radius 3 is 2.66 bits per heavy atom. The number of rotatable bonds is 7. The highest BCUT2D eigenvalue weighted by atomic mass is 16.5. The van der Waals surface area contributed by atoms with E-state index in [0.717, 1.165) is 12.8 Å². The summed E-state index contributed by atoms with van der Waals surface area (Å²) in [5.74, 6) is 0.0249. The number of amides is 1. The summed E-state index contributed by atoms with van der Waals surface area (Å²) in [6.45, 7) is 0.896. The molecule has 1 saturated heterocycles. The van der Waals surface area contributed by atoms with Gasteiger partial charge in [-0.15, -0.1) is 0 Å². The Kier molecular flexibility index (Phi) is 6.11. The molecule has 1 amide bonds. The largest absolute Gasteiger partial charge is 0.478 e. The van der Waals surface area contributed by atoms with E-state index in [2.05, 4.69) is 20.3 Å². The summed E-state index contributed by atoms with van der Waals surface area (Å²) >= 11 is 0. The van der Waals surface area contributed by atoms with Gasteiger partial charge in [0.2, 0.25) is 5.88 Å². The molecule has 0 radical (unpaired) electrons. The molecule has 3 heterocycles. The number of aromatic carboxylic acids is 1. The molecule has 1 aliphatic rings. The summed E-state index contributed by atoms with van der Waals surface area (Å²) in [6, 6.07) is 9.41. The zero-order valence-electron chi connectivity index (χ0n) is 17.0. The van der Waals surface area contributed by atoms with Crippen LogP contribution in [0.15, 0.2) is 55.0 Å². The molecule has 0 saturated carbocycles. The summed E-state index contributed by atoms with van der Waals surface area (Å²) in [5, 5.41) is 21.6. The van der Waals surface area contributed by atoms with E-state index in [1.54, 1.807) is 36.8 Å². The topological polar surface area (TPSA) is 138 Å². The smallest absolute Gasteiger partial charge is 0.407 e. The van der Waals surface area contributed by atoms with Crippen LogP contribution in [0.25, 0.3) is 11.4 Å². The molecule has 10 heteroatoms. The number of hydrogen-bond acceptors (Lipinski definition) is 7. The second-order valence-corrected chi connectivity index (χ2v) is 7.24. The molecule has 0 spiro atoms. The Balaban J connectivity index is 1.59. The molecular weight excluding hydrogens is 414 g/mol. The zero-order valence-corrected chi connectivity index (χ0v) is 17.0. The van der Waals surface area contributed by atoms with Crippen molar-refractivity contribution in [1.29, 1.82) is 0 Å². The molecule has 0 aliphatic carbocycles. The van der Waals surface area contributed by atoms with Crippen LogP contribution in [0.5, 0.6) is 11.6 Å². The second-order valence-electron chi connectivity index (χ2n) is 7.24. The van der Waals surface area contributed by atoms with E-state index in [1.165, 1.54) is 17.0 Å². The van der Waals surface area contributed by atoms with Crippen molar-refractivity contribution in [2.75, 3.05) is 18.4 Å². The van der Waals surface area contributed by atoms with Crippen molar-refractivity contribution in [2.45, 2.75) is 18.9 Å². The van der Waals surface area contributed by atoms with E-state index < -0.39 is 12.1 Å². The minimum absolute atomic E-state index is 0.143. The maximum Gasteiger partial charge on any atom is 0.407 e. The van der Waals surface area contributed by atoms with E-state index in [0.29, 0.717) is 35.9 Å². The number of benzene rings is 1. The lowest BCUT2D eigenvalue weighted by Crippen LogP contribution is -2.38. The molecule has 10 nitrogen and oxygen atoms in total. The molecule has 3 N–H and O–H groups in total. The number of carbonyl (C=O) groups is 2. The van der Waals surface area contributed by atoms with Gasteiger partial charge in [-0.05, 0) is 49.2 Å². The van der Waals surface area contributed by atoms with Gasteiger partial charge >= 0.3 is 12.1 Å². The van der Waals surface area contributed by atoms with Gasteiger partial charge in [0.1, 0.15) is 11.4 Å². The Morgan fingerprint density at radius 2 is 1.97 bits per heavy atom. The van der Waals surface area contributed by atoms with Crippen molar-refractivity contribution in [2.24, 2.45) is 0 Å². The fraction of sp³-hybridized carbons (Fsp3) is 0.227. The standard InChI is InChI=1S/C22H21N5O5/c28-21(29)14-5-7-17(8-6-14)32-20-18(24-12-16-4-2-10-27(16)22(30)31)13-25-19(26-20)15-3-1-9-23-11-15/h1,3,5-9,11,13,16,24H,2,4,10,12H2,(H,28,29)(H,30,31)/t16-/m0/s1. The van der Waals surface area contributed by atoms with Crippen LogP contribution in [0.1, 0.15) is 23.2 Å². The molecular formula is C22H21N5O5. The number of carboxylic acid groups (broad SMARTS) is 2. The number of nitrogens with zero attached hydrogens (tertiary/aromatic N) is 4. The van der Waals surface area contributed by atoms with Crippen molar-refractivity contribution < 1.29 is 24.5 Å². The highest BCUT2D eigenvalue weighted by Crippen LogP contribution is 2.30. The van der Waals surface area contributed by atoms with E-state index in [9.17, 15) is 14.7 Å². The van der Waals surface area contributed by atoms with E-state index in [-0.39, 0.29) is 17.5 Å². The van der Waals surface area contributed by atoms with Crippen molar-refractivity contribution in [3.05, 3.63) is 60.6 Å². The van der Waals surface area contributed by atoms with Crippen LogP contribution in [-0.2, 0) is 0 Å². The van der Waals surface area contributed by atoms with Crippen LogP contribution in [0, 0.1) is 0 Å². The first kappa shape index (κ1) is 21.0. The maximum atomic E-state index is 11.4. The van der Waals surface area contributed by atoms with E-state index in [1.807, 2.05) is 6.07 Å². The highest BCUT2D eigenvalue weighted by molar-refractivity contribution is 5.87. The van der Waals surface area contributed by atoms with Gasteiger partial charge in [-0.1, -0.05) is 0 Å². The molecule has 1 aromatic carbocycles. The number of nitrogens with one attached hydrogen (secondary N) is 1. The number of aromatic nitrogens is 3. The molecule has 1 fully saturated rings. The molecule has 0 bridgehead atoms. The predicted molar refractivity (Wildman–Crippen MR) is 115 cm³/mol. The molecule has 1 atom stereocenters. The first-order valence-electron chi connectivity index (χ1n) is 10.0. The van der Waals surface area contributed by atoms with Crippen LogP contribution in [0.3, 0.4) is 0 Å². The lowest BCUT2D eigenvalue weighted by atomic mass is 10.2. The summed E-state index contributed by atoms with van der Waals surface area (Å²) in [6.07, 6.45) is 5.51. The highest BCUT2D eigenvalue weighted by Gasteiger charge is 2.28. The van der Waals surface area contributed by atoms with Crippen LogP contribution in [0.2, 0.25) is 0 Å². The molecule has 32 heavy (non-hydrogen) atoms. The summed E-state index contributed by atoms with van der Waals surface area (Å²) in [4.78, 5) is 36.9. The third-order valence-corrected chi connectivity index (χ3v) is 5.14. The average molecular weight is 435 g/mol. The monoisotopic (exact) mass is 435 g/mol. The number of pyridine rings is 1. The number of carboxylic acids is 1. The van der Waals surface area contributed by atoms with Crippen LogP contribution >= 0.6 is 0 Å². The van der Waals surface area contributed by atoms with Gasteiger partial charge in [0, 0.05) is 31.0 Å². The van der Waals surface area contributed by atoms with Crippen molar-refractivity contribution >= 4 is 17.7 Å². The van der Waals surface area contributed by atoms with Crippen molar-refractivity contribution in [3.8, 4) is 23.0 Å². The lowest BCUT2D eigenvalue weighted by molar-refractivity contribution is 0.0696. The Hall–Kier alpha value is -4.21. The molecule has 164 valence electrons. The van der Waals surface area contributed by atoms with Crippen LogP contribution in [-0.4, -0.2) is 61.3 Å². The number of anilines is 1. The average Bonchev–Trinajstić information content (AvgIpc) is 3.28. The van der Waals surface area contributed by atoms with Gasteiger partial charge < -0.3 is 25.2 Å². The number of hydrogen-bond donors (Lipinski definition) is 3. The fourth-order valence-corrected chi connectivity index (χ4v) is 3.50. The fourth-order valence-electron chi connectivity index (χ4n) is 3.50. The van der Waals surface area contributed by atoms with Crippen LogP contribution in [0.4, 0.5) is 10.5 Å². The first-order valence-corrected chi connectivity index (χ1v) is 10.0. The molecule has 1 aliphatic heterocycles. The van der Waals surface area contributed by atoms with E-state index >= 15 is 0 Å². The van der Waals surface area contributed by atoms with Gasteiger partial charge in [0.05, 0.1) is 17.8 Å². The minimum atomic E-state index is -1.03. The molecule has 2 aromatic heterocycles. The zero-order chi connectivity index (χ0) is 22.5. The lowest BCUT2D eigenvalue weighted by Gasteiger charge is -2.22. The summed E-state index contributed by atoms with van der Waals surface area (Å²) in [7, 11) is 0. The molecule has 0 unspecified atom stereocenters. The SMILES string of the molecule is O=C(O)c1ccc(Oc2nc(-c3cccnc3)ncc2NC[C@@H]2CCCN2C(=O)O)cc1. The Labute approximate surface area is 183 Å². The second kappa shape index (κ2) is 9.29. The summed E-state index contributed by atoms with van der Waals surface area (Å²) in [5.41, 5.74) is 1.35. The van der Waals surface area contributed by atoms with E-state index in [4.69, 9.17) is 9.84 Å². The van der Waals surface area contributed by atoms with Gasteiger partial charge in [-0.25, -0.2) is 14.6 Å². The normalized spacial score (nSPS) is 15.4. The predicted octanol–water partition coefficient (Wildman–Crippen LogP) is 3.58. The number of likely N-dealkylation sites (tertiary alicyclic amines) is 1. The third kappa shape index (κ3) is 4.75. The Bertz CT molecular complexity index is 1110. The molecule has 3 aromatic rings. The minimum Gasteiger partial charge on any atom is -0.478 e. The number of ether oxygens (including phenoxy) is 1. The summed E-state index contributed by atoms with van der Waals surface area (Å²) < 4.78 is 5.94. The van der Waals surface area contributed by atoms with Gasteiger partial charge in [0.15, 0.2) is 5.82 Å². The van der Waals surface area contributed by atoms with Gasteiger partial charge in [-0.3, -0.25) is 4.98 Å². The quantitative estimate of drug-likeness (QED) is 0.508. The Morgan fingerprint density at radius 1 is 1.16 bits per heavy atom. The van der Waals surface area contributed by atoms with Crippen LogP contribution < -0.4 is 10.1 Å². The maximum absolute atomic E-state index is 11.4. The third-order valence-electron chi connectivity index (χ3n) is 5.14. The molecule has 4 rings (SSSR count). The van der Waals surface area contributed by atoms with Crippen molar-refractivity contribution in [3.63, 3.8) is 0 Å². The van der Waals surface area contributed by atoms with Crippen molar-refractivity contribution in [1.82, 2.24) is 19.9 Å². The van der Waals surface area contributed by atoms with Gasteiger partial charge in [0.25, 0.3) is 0 Å². The first-order chi connectivity index (χ1) is 15.5. The van der Waals surface area contributed by atoms with Gasteiger partial charge in [-0.2, -0.15) is 4.98 Å².